The van der Waals surface area contributed by atoms with Gasteiger partial charge < -0.3 is 4.74 Å². The molecule has 0 bridgehead atoms. The predicted molar refractivity (Wildman–Crippen MR) is 52.5 cm³/mol. The first-order valence-corrected chi connectivity index (χ1v) is 5.83. The van der Waals surface area contributed by atoms with E-state index >= 15 is 0 Å². The monoisotopic (exact) mass is 187 g/mol. The van der Waals surface area contributed by atoms with Crippen molar-refractivity contribution in [3.05, 3.63) is 0 Å². The van der Waals surface area contributed by atoms with E-state index in [0.29, 0.717) is 4.87 Å². The van der Waals surface area contributed by atoms with E-state index < -0.39 is 0 Å². The molecule has 1 atom stereocenters. The van der Waals surface area contributed by atoms with Gasteiger partial charge in [-0.05, 0) is 19.3 Å². The topological polar surface area (TPSA) is 21.3 Å². The molecule has 0 radical (unpaired) electrons. The molecule has 2 nitrogen and oxygen atoms in total. The predicted octanol–water partition coefficient (Wildman–Crippen LogP) is 1.61. The fourth-order valence-electron chi connectivity index (χ4n) is 1.93. The molecule has 3 heteroatoms. The summed E-state index contributed by atoms with van der Waals surface area (Å²) < 4.78 is 5.37. The fraction of sp³-hybridized carbons (Fsp3) is 1.00. The molecule has 0 aromatic heterocycles. The highest BCUT2D eigenvalue weighted by Crippen LogP contribution is 2.38. The lowest BCUT2D eigenvalue weighted by atomic mass is 10.1. The van der Waals surface area contributed by atoms with Crippen molar-refractivity contribution in [2.75, 3.05) is 19.0 Å². The second-order valence-electron chi connectivity index (χ2n) is 3.67. The highest BCUT2D eigenvalue weighted by molar-refractivity contribution is 8.00. The van der Waals surface area contributed by atoms with Gasteiger partial charge in [0.25, 0.3) is 0 Å². The molecule has 2 rings (SSSR count). The van der Waals surface area contributed by atoms with E-state index in [0.717, 1.165) is 19.3 Å². The van der Waals surface area contributed by atoms with Crippen molar-refractivity contribution in [3.8, 4) is 0 Å². The zero-order chi connectivity index (χ0) is 8.44. The Morgan fingerprint density at radius 2 is 2.25 bits per heavy atom. The normalized spacial score (nSPS) is 34.2. The first kappa shape index (κ1) is 8.85. The maximum atomic E-state index is 5.37. The van der Waals surface area contributed by atoms with Gasteiger partial charge in [-0.1, -0.05) is 6.92 Å². The summed E-state index contributed by atoms with van der Waals surface area (Å²) in [7, 11) is 0. The van der Waals surface area contributed by atoms with Gasteiger partial charge in [0.2, 0.25) is 0 Å². The average molecular weight is 187 g/mol. The minimum Gasteiger partial charge on any atom is -0.381 e. The van der Waals surface area contributed by atoms with Crippen LogP contribution in [0.15, 0.2) is 0 Å². The van der Waals surface area contributed by atoms with Gasteiger partial charge in [-0.3, -0.25) is 5.32 Å². The van der Waals surface area contributed by atoms with E-state index in [2.05, 4.69) is 24.0 Å². The van der Waals surface area contributed by atoms with Crippen LogP contribution in [0.4, 0.5) is 0 Å². The largest absolute Gasteiger partial charge is 0.381 e. The zero-order valence-electron chi connectivity index (χ0n) is 7.64. The van der Waals surface area contributed by atoms with Crippen molar-refractivity contribution >= 4 is 11.8 Å². The van der Waals surface area contributed by atoms with Gasteiger partial charge in [-0.15, -0.1) is 11.8 Å². The van der Waals surface area contributed by atoms with Crippen LogP contribution in [0.25, 0.3) is 0 Å². The second-order valence-corrected chi connectivity index (χ2v) is 5.07. The quantitative estimate of drug-likeness (QED) is 0.674. The van der Waals surface area contributed by atoms with Crippen LogP contribution < -0.4 is 5.32 Å². The lowest BCUT2D eigenvalue weighted by Gasteiger charge is -2.33. The van der Waals surface area contributed by atoms with Gasteiger partial charge >= 0.3 is 0 Å². The third-order valence-electron chi connectivity index (χ3n) is 2.82. The molecule has 0 saturated carbocycles. The second kappa shape index (κ2) is 3.56. The Morgan fingerprint density at radius 3 is 2.83 bits per heavy atom. The number of hydrogen-bond donors (Lipinski definition) is 1. The van der Waals surface area contributed by atoms with Crippen molar-refractivity contribution in [2.24, 2.45) is 0 Å². The molecule has 1 N–H and O–H groups in total. The highest BCUT2D eigenvalue weighted by atomic mass is 32.2. The van der Waals surface area contributed by atoms with E-state index in [1.54, 1.807) is 0 Å². The molecule has 2 heterocycles. The van der Waals surface area contributed by atoms with E-state index in [9.17, 15) is 0 Å². The van der Waals surface area contributed by atoms with Gasteiger partial charge in [0.15, 0.2) is 0 Å². The maximum Gasteiger partial charge on any atom is 0.0692 e. The summed E-state index contributed by atoms with van der Waals surface area (Å²) in [5.74, 6) is 1.29. The molecule has 1 unspecified atom stereocenters. The average Bonchev–Trinajstić information content (AvgIpc) is 2.50. The Balaban J connectivity index is 1.94. The van der Waals surface area contributed by atoms with E-state index in [-0.39, 0.29) is 0 Å². The third kappa shape index (κ3) is 1.63. The van der Waals surface area contributed by atoms with Crippen LogP contribution in [0.5, 0.6) is 0 Å². The summed E-state index contributed by atoms with van der Waals surface area (Å²) in [6.45, 7) is 4.14. The van der Waals surface area contributed by atoms with Gasteiger partial charge in [-0.25, -0.2) is 0 Å². The number of hydrogen-bond acceptors (Lipinski definition) is 3. The molecule has 0 aromatic carbocycles. The Labute approximate surface area is 78.4 Å². The Bertz CT molecular complexity index is 157. The number of rotatable bonds is 1. The number of thioether (sulfide) groups is 1. The van der Waals surface area contributed by atoms with Crippen LogP contribution in [0, 0.1) is 0 Å². The van der Waals surface area contributed by atoms with Crippen molar-refractivity contribution in [2.45, 2.75) is 37.1 Å². The van der Waals surface area contributed by atoms with Crippen LogP contribution >= 0.6 is 11.8 Å². The molecule has 2 saturated heterocycles. The van der Waals surface area contributed by atoms with E-state index in [1.165, 1.54) is 25.0 Å². The molecular formula is C9H17NOS. The summed E-state index contributed by atoms with van der Waals surface area (Å²) in [6.07, 6.45) is 3.64. The molecule has 2 aliphatic rings. The number of nitrogens with one attached hydrogen (secondary N) is 1. The lowest BCUT2D eigenvalue weighted by molar-refractivity contribution is 0.0685. The molecular weight excluding hydrogens is 170 g/mol. The molecule has 2 fully saturated rings. The Hall–Kier alpha value is 0.270. The van der Waals surface area contributed by atoms with Crippen molar-refractivity contribution < 1.29 is 4.74 Å². The zero-order valence-corrected chi connectivity index (χ0v) is 8.45. The van der Waals surface area contributed by atoms with Gasteiger partial charge in [0, 0.05) is 25.0 Å². The van der Waals surface area contributed by atoms with Crippen LogP contribution in [-0.4, -0.2) is 29.9 Å². The minimum absolute atomic E-state index is 0.388. The van der Waals surface area contributed by atoms with Crippen molar-refractivity contribution in [1.82, 2.24) is 5.32 Å². The minimum atomic E-state index is 0.388. The van der Waals surface area contributed by atoms with Gasteiger partial charge in [-0.2, -0.15) is 0 Å². The summed E-state index contributed by atoms with van der Waals surface area (Å²) in [4.78, 5) is 0.388. The molecule has 0 amide bonds. The molecule has 1 spiro atoms. The molecule has 0 aliphatic carbocycles. The first-order chi connectivity index (χ1) is 5.85. The van der Waals surface area contributed by atoms with Gasteiger partial charge in [0.1, 0.15) is 0 Å². The lowest BCUT2D eigenvalue weighted by Crippen LogP contribution is -2.45. The van der Waals surface area contributed by atoms with Crippen LogP contribution in [0.1, 0.15) is 26.2 Å². The van der Waals surface area contributed by atoms with E-state index in [1.807, 2.05) is 0 Å². The van der Waals surface area contributed by atoms with E-state index in [4.69, 9.17) is 4.74 Å². The summed E-state index contributed by atoms with van der Waals surface area (Å²) >= 11 is 2.11. The standard InChI is InChI=1S/C9H17NOS/c1-2-8-7-12-9(10-8)3-5-11-6-4-9/h8,10H,2-7H2,1H3. The van der Waals surface area contributed by atoms with Crippen molar-refractivity contribution in [1.29, 1.82) is 0 Å². The third-order valence-corrected chi connectivity index (χ3v) is 4.47. The van der Waals surface area contributed by atoms with Crippen LogP contribution in [0.3, 0.4) is 0 Å². The summed E-state index contributed by atoms with van der Waals surface area (Å²) in [5, 5.41) is 3.74. The SMILES string of the molecule is CCC1CSC2(CCOCC2)N1. The van der Waals surface area contributed by atoms with Gasteiger partial charge in [0.05, 0.1) is 4.87 Å². The summed E-state index contributed by atoms with van der Waals surface area (Å²) in [5.41, 5.74) is 0. The van der Waals surface area contributed by atoms with Crippen LogP contribution in [-0.2, 0) is 4.74 Å². The molecule has 70 valence electrons. The van der Waals surface area contributed by atoms with Crippen molar-refractivity contribution in [3.63, 3.8) is 0 Å². The molecule has 12 heavy (non-hydrogen) atoms. The Morgan fingerprint density at radius 1 is 1.50 bits per heavy atom. The Kier molecular flexibility index (Phi) is 2.63. The van der Waals surface area contributed by atoms with Crippen LogP contribution in [0.2, 0.25) is 0 Å². The maximum absolute atomic E-state index is 5.37. The fourth-order valence-corrected chi connectivity index (χ4v) is 3.47. The smallest absolute Gasteiger partial charge is 0.0692 e. The summed E-state index contributed by atoms with van der Waals surface area (Å²) in [6, 6.07) is 0.744. The molecule has 0 aromatic rings. The number of ether oxygens (including phenoxy) is 1. The first-order valence-electron chi connectivity index (χ1n) is 4.84. The highest BCUT2D eigenvalue weighted by Gasteiger charge is 2.39. The molecule has 2 aliphatic heterocycles.